The summed E-state index contributed by atoms with van der Waals surface area (Å²) in [5.41, 5.74) is -0.940. The highest BCUT2D eigenvalue weighted by atomic mass is 19.4. The Kier molecular flexibility index (Phi) is 9.28. The van der Waals surface area contributed by atoms with E-state index in [0.717, 1.165) is 29.5 Å². The maximum absolute atomic E-state index is 13.4. The summed E-state index contributed by atoms with van der Waals surface area (Å²) in [6, 6.07) is 3.55. The number of nitrogens with one attached hydrogen (secondary N) is 1. The van der Waals surface area contributed by atoms with Crippen LogP contribution in [0.4, 0.5) is 23.7 Å². The SMILES string of the molecule is CC1(C)C(=O)N(c2ccc(C#N)c(C(F)(F)F)c2)C(=O)N1CCCCc1cn(CCCCCC(=O)NO)nn1. The van der Waals surface area contributed by atoms with Crippen molar-refractivity contribution in [1.29, 1.82) is 5.26 Å². The van der Waals surface area contributed by atoms with Crippen molar-refractivity contribution in [2.75, 3.05) is 11.4 Å². The van der Waals surface area contributed by atoms with Crippen LogP contribution in [0.25, 0.3) is 0 Å². The van der Waals surface area contributed by atoms with Gasteiger partial charge in [-0.2, -0.15) is 18.4 Å². The molecule has 0 radical (unpaired) electrons. The van der Waals surface area contributed by atoms with Crippen molar-refractivity contribution in [2.45, 2.75) is 77.1 Å². The van der Waals surface area contributed by atoms with Crippen LogP contribution in [0.3, 0.4) is 0 Å². The first kappa shape index (κ1) is 29.6. The third-order valence-corrected chi connectivity index (χ3v) is 6.58. The molecule has 0 atom stereocenters. The number of hydroxylamine groups is 1. The number of amides is 4. The smallest absolute Gasteiger partial charge is 0.310 e. The highest BCUT2D eigenvalue weighted by Gasteiger charge is 2.51. The number of rotatable bonds is 12. The van der Waals surface area contributed by atoms with Crippen LogP contribution >= 0.6 is 0 Å². The summed E-state index contributed by atoms with van der Waals surface area (Å²) in [5, 5.41) is 25.7. The van der Waals surface area contributed by atoms with Crippen molar-refractivity contribution in [1.82, 2.24) is 25.4 Å². The van der Waals surface area contributed by atoms with Gasteiger partial charge in [-0.25, -0.2) is 15.2 Å². The minimum Gasteiger partial charge on any atom is -0.310 e. The highest BCUT2D eigenvalue weighted by molar-refractivity contribution is 6.23. The van der Waals surface area contributed by atoms with Gasteiger partial charge in [-0.3, -0.25) is 19.5 Å². The van der Waals surface area contributed by atoms with E-state index in [1.165, 1.54) is 17.0 Å². The summed E-state index contributed by atoms with van der Waals surface area (Å²) in [5.74, 6) is -1.07. The molecule has 1 aromatic heterocycles. The molecule has 0 unspecified atom stereocenters. The number of aryl methyl sites for hydroxylation is 2. The maximum atomic E-state index is 13.4. The van der Waals surface area contributed by atoms with Gasteiger partial charge in [-0.05, 0) is 64.2 Å². The van der Waals surface area contributed by atoms with E-state index < -0.39 is 40.7 Å². The van der Waals surface area contributed by atoms with Gasteiger partial charge < -0.3 is 4.90 Å². The van der Waals surface area contributed by atoms with Gasteiger partial charge in [0, 0.05) is 25.7 Å². The summed E-state index contributed by atoms with van der Waals surface area (Å²) in [7, 11) is 0. The Morgan fingerprint density at radius 3 is 2.51 bits per heavy atom. The zero-order valence-electron chi connectivity index (χ0n) is 21.7. The second-order valence-electron chi connectivity index (χ2n) is 9.75. The van der Waals surface area contributed by atoms with E-state index in [9.17, 15) is 27.6 Å². The molecular formula is C25H30F3N7O4. The summed E-state index contributed by atoms with van der Waals surface area (Å²) in [4.78, 5) is 39.3. The Balaban J connectivity index is 1.54. The average Bonchev–Trinajstić information content (AvgIpc) is 3.40. The lowest BCUT2D eigenvalue weighted by molar-refractivity contribution is -0.137. The van der Waals surface area contributed by atoms with Gasteiger partial charge in [0.15, 0.2) is 0 Å². The van der Waals surface area contributed by atoms with Gasteiger partial charge in [0.05, 0.1) is 28.6 Å². The zero-order chi connectivity index (χ0) is 28.8. The van der Waals surface area contributed by atoms with Crippen LogP contribution in [0.1, 0.15) is 69.2 Å². The van der Waals surface area contributed by atoms with Gasteiger partial charge in [0.1, 0.15) is 5.54 Å². The molecule has 14 heteroatoms. The van der Waals surface area contributed by atoms with Crippen LogP contribution < -0.4 is 10.4 Å². The lowest BCUT2D eigenvalue weighted by atomic mass is 10.0. The van der Waals surface area contributed by atoms with Crippen molar-refractivity contribution in [3.63, 3.8) is 0 Å². The number of aromatic nitrogens is 3. The quantitative estimate of drug-likeness (QED) is 0.177. The molecule has 0 bridgehead atoms. The Bertz CT molecular complexity index is 1250. The number of hydrogen-bond acceptors (Lipinski definition) is 7. The highest BCUT2D eigenvalue weighted by Crippen LogP contribution is 2.37. The predicted molar refractivity (Wildman–Crippen MR) is 131 cm³/mol. The molecule has 39 heavy (non-hydrogen) atoms. The maximum Gasteiger partial charge on any atom is 0.417 e. The van der Waals surface area contributed by atoms with Crippen LogP contribution in [-0.4, -0.2) is 55.0 Å². The summed E-state index contributed by atoms with van der Waals surface area (Å²) >= 11 is 0. The fourth-order valence-corrected chi connectivity index (χ4v) is 4.37. The number of carbonyl (C=O) groups is 3. The lowest BCUT2D eigenvalue weighted by Gasteiger charge is -2.27. The van der Waals surface area contributed by atoms with E-state index in [2.05, 4.69) is 10.3 Å². The minimum atomic E-state index is -4.82. The first-order valence-corrected chi connectivity index (χ1v) is 12.5. The predicted octanol–water partition coefficient (Wildman–Crippen LogP) is 3.80. The van der Waals surface area contributed by atoms with E-state index in [0.29, 0.717) is 38.3 Å². The fourth-order valence-electron chi connectivity index (χ4n) is 4.37. The molecule has 4 amide bonds. The van der Waals surface area contributed by atoms with Crippen molar-refractivity contribution in [3.8, 4) is 6.07 Å². The molecule has 1 aromatic carbocycles. The summed E-state index contributed by atoms with van der Waals surface area (Å²) < 4.78 is 42.0. The number of imide groups is 1. The number of unbranched alkanes of at least 4 members (excludes halogenated alkanes) is 3. The molecule has 3 rings (SSSR count). The largest absolute Gasteiger partial charge is 0.417 e. The van der Waals surface area contributed by atoms with Gasteiger partial charge in [-0.1, -0.05) is 11.6 Å². The standard InChI is InChI=1S/C25H30F3N7O4/c1-24(2)22(37)35(19-11-10-17(15-29)20(14-19)25(26,27)28)23(38)34(24)13-7-5-8-18-16-33(32-30-18)12-6-3-4-9-21(36)31-39/h10-11,14,16,39H,3-9,12-13H2,1-2H3,(H,31,36). The van der Waals surface area contributed by atoms with Crippen LogP contribution in [0.5, 0.6) is 0 Å². The number of urea groups is 1. The molecule has 2 aromatic rings. The second-order valence-corrected chi connectivity index (χ2v) is 9.75. The van der Waals surface area contributed by atoms with Crippen LogP contribution in [0.2, 0.25) is 0 Å². The topological polar surface area (TPSA) is 144 Å². The Hall–Kier alpha value is -3.99. The third kappa shape index (κ3) is 6.91. The molecule has 2 N–H and O–H groups in total. The molecule has 210 valence electrons. The zero-order valence-corrected chi connectivity index (χ0v) is 21.7. The summed E-state index contributed by atoms with van der Waals surface area (Å²) in [6.45, 7) is 3.94. The molecule has 1 aliphatic rings. The number of alkyl halides is 3. The molecule has 1 saturated heterocycles. The molecule has 0 saturated carbocycles. The first-order valence-electron chi connectivity index (χ1n) is 12.5. The molecule has 2 heterocycles. The molecular weight excluding hydrogens is 519 g/mol. The van der Waals surface area contributed by atoms with E-state index in [-0.39, 0.29) is 18.7 Å². The number of hydrogen-bond donors (Lipinski definition) is 2. The number of carbonyl (C=O) groups excluding carboxylic acids is 3. The molecule has 0 spiro atoms. The number of benzene rings is 1. The fraction of sp³-hybridized carbons (Fsp3) is 0.520. The van der Waals surface area contributed by atoms with E-state index in [1.54, 1.807) is 24.0 Å². The van der Waals surface area contributed by atoms with E-state index in [1.807, 2.05) is 6.20 Å². The van der Waals surface area contributed by atoms with E-state index in [4.69, 9.17) is 10.5 Å². The number of nitrogens with zero attached hydrogens (tertiary/aromatic N) is 6. The monoisotopic (exact) mass is 549 g/mol. The van der Waals surface area contributed by atoms with Crippen molar-refractivity contribution in [3.05, 3.63) is 41.2 Å². The van der Waals surface area contributed by atoms with Gasteiger partial charge in [0.2, 0.25) is 5.91 Å². The molecule has 11 nitrogen and oxygen atoms in total. The first-order chi connectivity index (χ1) is 18.4. The van der Waals surface area contributed by atoms with Gasteiger partial charge in [-0.15, -0.1) is 5.10 Å². The Morgan fingerprint density at radius 2 is 1.85 bits per heavy atom. The minimum absolute atomic E-state index is 0.214. The van der Waals surface area contributed by atoms with Crippen molar-refractivity contribution in [2.24, 2.45) is 0 Å². The van der Waals surface area contributed by atoms with Crippen LogP contribution in [0.15, 0.2) is 24.4 Å². The van der Waals surface area contributed by atoms with Crippen LogP contribution in [0, 0.1) is 11.3 Å². The lowest BCUT2D eigenvalue weighted by Crippen LogP contribution is -2.44. The molecule has 1 aliphatic heterocycles. The molecule has 0 aliphatic carbocycles. The summed E-state index contributed by atoms with van der Waals surface area (Å²) in [6.07, 6.45) is 1.23. The average molecular weight is 550 g/mol. The Morgan fingerprint density at radius 1 is 1.13 bits per heavy atom. The van der Waals surface area contributed by atoms with Gasteiger partial charge >= 0.3 is 12.2 Å². The number of nitriles is 1. The van der Waals surface area contributed by atoms with Crippen LogP contribution in [-0.2, 0) is 28.7 Å². The second kappa shape index (κ2) is 12.2. The van der Waals surface area contributed by atoms with Crippen molar-refractivity contribution >= 4 is 23.5 Å². The van der Waals surface area contributed by atoms with Gasteiger partial charge in [0.25, 0.3) is 5.91 Å². The number of anilines is 1. The third-order valence-electron chi connectivity index (χ3n) is 6.58. The normalized spacial score (nSPS) is 15.1. The van der Waals surface area contributed by atoms with E-state index >= 15 is 0 Å². The molecule has 1 fully saturated rings. The number of halogens is 3. The van der Waals surface area contributed by atoms with Crippen molar-refractivity contribution < 1.29 is 32.8 Å². The Labute approximate surface area is 223 Å².